The molecule has 0 aromatic carbocycles. The summed E-state index contributed by atoms with van der Waals surface area (Å²) in [4.78, 5) is 11.2. The summed E-state index contributed by atoms with van der Waals surface area (Å²) in [6.45, 7) is 7.69. The van der Waals surface area contributed by atoms with E-state index in [2.05, 4.69) is 5.10 Å². The molecule has 0 unspecified atom stereocenters. The highest BCUT2D eigenvalue weighted by molar-refractivity contribution is 5.93. The average Bonchev–Trinajstić information content (AvgIpc) is 2.81. The van der Waals surface area contributed by atoms with Gasteiger partial charge in [0.1, 0.15) is 17.0 Å². The van der Waals surface area contributed by atoms with Gasteiger partial charge < -0.3 is 9.52 Å². The predicted octanol–water partition coefficient (Wildman–Crippen LogP) is 2.90. The van der Waals surface area contributed by atoms with E-state index in [0.29, 0.717) is 11.5 Å². The van der Waals surface area contributed by atoms with Gasteiger partial charge in [0.05, 0.1) is 5.54 Å². The van der Waals surface area contributed by atoms with Crippen LogP contribution in [0.15, 0.2) is 22.7 Å². The number of rotatable bonds is 2. The first kappa shape index (κ1) is 12.4. The van der Waals surface area contributed by atoms with Crippen LogP contribution in [0.1, 0.15) is 36.9 Å². The maximum Gasteiger partial charge on any atom is 0.339 e. The van der Waals surface area contributed by atoms with E-state index in [9.17, 15) is 9.90 Å². The Balaban J connectivity index is 2.59. The summed E-state index contributed by atoms with van der Waals surface area (Å²) in [5.41, 5.74) is 0.245. The molecule has 96 valence electrons. The monoisotopic (exact) mass is 248 g/mol. The number of aromatic carboxylic acids is 1. The van der Waals surface area contributed by atoms with Gasteiger partial charge in [-0.05, 0) is 39.8 Å². The smallest absolute Gasteiger partial charge is 0.339 e. The SMILES string of the molecule is Cc1ccc(-c2nn(C(C)(C)C)cc2C(=O)O)o1. The molecule has 0 saturated heterocycles. The number of nitrogens with zero attached hydrogens (tertiary/aromatic N) is 2. The van der Waals surface area contributed by atoms with Crippen LogP contribution in [0.3, 0.4) is 0 Å². The molecule has 0 aliphatic heterocycles. The summed E-state index contributed by atoms with van der Waals surface area (Å²) in [6.07, 6.45) is 1.54. The van der Waals surface area contributed by atoms with Crippen LogP contribution in [0.25, 0.3) is 11.5 Å². The largest absolute Gasteiger partial charge is 0.478 e. The summed E-state index contributed by atoms with van der Waals surface area (Å²) >= 11 is 0. The van der Waals surface area contributed by atoms with Gasteiger partial charge in [-0.1, -0.05) is 0 Å². The van der Waals surface area contributed by atoms with Gasteiger partial charge in [-0.2, -0.15) is 5.10 Å². The Labute approximate surface area is 105 Å². The number of hydrogen-bond donors (Lipinski definition) is 1. The number of carbonyl (C=O) groups is 1. The molecule has 5 nitrogen and oxygen atoms in total. The topological polar surface area (TPSA) is 68.3 Å². The van der Waals surface area contributed by atoms with Gasteiger partial charge in [-0.25, -0.2) is 4.79 Å². The fraction of sp³-hybridized carbons (Fsp3) is 0.385. The van der Waals surface area contributed by atoms with Crippen LogP contribution in [-0.2, 0) is 5.54 Å². The molecule has 2 rings (SSSR count). The third-order valence-electron chi connectivity index (χ3n) is 2.61. The first-order chi connectivity index (χ1) is 8.29. The van der Waals surface area contributed by atoms with Crippen molar-refractivity contribution < 1.29 is 14.3 Å². The molecular weight excluding hydrogens is 232 g/mol. The molecule has 2 aromatic heterocycles. The Morgan fingerprint density at radius 1 is 1.39 bits per heavy atom. The fourth-order valence-corrected chi connectivity index (χ4v) is 1.62. The van der Waals surface area contributed by atoms with Gasteiger partial charge in [0.2, 0.25) is 0 Å². The normalized spacial score (nSPS) is 11.8. The Bertz CT molecular complexity index is 588. The highest BCUT2D eigenvalue weighted by atomic mass is 16.4. The van der Waals surface area contributed by atoms with Crippen molar-refractivity contribution in [3.63, 3.8) is 0 Å². The van der Waals surface area contributed by atoms with Gasteiger partial charge in [0.15, 0.2) is 5.76 Å². The van der Waals surface area contributed by atoms with Crippen molar-refractivity contribution in [1.29, 1.82) is 0 Å². The lowest BCUT2D eigenvalue weighted by Crippen LogP contribution is -2.22. The molecule has 5 heteroatoms. The molecule has 0 spiro atoms. The summed E-state index contributed by atoms with van der Waals surface area (Å²) in [5, 5.41) is 13.5. The molecule has 0 fully saturated rings. The van der Waals surface area contributed by atoms with E-state index in [1.807, 2.05) is 27.7 Å². The zero-order chi connectivity index (χ0) is 13.5. The molecule has 0 saturated carbocycles. The number of aromatic nitrogens is 2. The van der Waals surface area contributed by atoms with E-state index in [1.165, 1.54) is 6.20 Å². The van der Waals surface area contributed by atoms with E-state index in [0.717, 1.165) is 5.76 Å². The van der Waals surface area contributed by atoms with Crippen LogP contribution >= 0.6 is 0 Å². The van der Waals surface area contributed by atoms with Crippen LogP contribution in [0.2, 0.25) is 0 Å². The van der Waals surface area contributed by atoms with Crippen LogP contribution in [-0.4, -0.2) is 20.9 Å². The number of carboxylic acids is 1. The van der Waals surface area contributed by atoms with Gasteiger partial charge in [-0.15, -0.1) is 0 Å². The second kappa shape index (κ2) is 4.01. The summed E-state index contributed by atoms with van der Waals surface area (Å²) < 4.78 is 7.09. The van der Waals surface area contributed by atoms with Gasteiger partial charge in [-0.3, -0.25) is 4.68 Å². The maximum absolute atomic E-state index is 11.2. The maximum atomic E-state index is 11.2. The molecule has 0 radical (unpaired) electrons. The zero-order valence-corrected chi connectivity index (χ0v) is 10.9. The molecule has 18 heavy (non-hydrogen) atoms. The van der Waals surface area contributed by atoms with E-state index < -0.39 is 5.97 Å². The molecule has 0 aliphatic carbocycles. The Morgan fingerprint density at radius 2 is 2.06 bits per heavy atom. The van der Waals surface area contributed by atoms with E-state index >= 15 is 0 Å². The minimum absolute atomic E-state index is 0.152. The van der Waals surface area contributed by atoms with Crippen LogP contribution in [0.5, 0.6) is 0 Å². The van der Waals surface area contributed by atoms with Gasteiger partial charge in [0, 0.05) is 6.20 Å². The number of hydrogen-bond acceptors (Lipinski definition) is 3. The second-order valence-electron chi connectivity index (χ2n) is 5.22. The lowest BCUT2D eigenvalue weighted by atomic mass is 10.1. The fourth-order valence-electron chi connectivity index (χ4n) is 1.62. The van der Waals surface area contributed by atoms with Crippen molar-refractivity contribution in [2.75, 3.05) is 0 Å². The zero-order valence-electron chi connectivity index (χ0n) is 10.9. The molecule has 0 amide bonds. The van der Waals surface area contributed by atoms with E-state index in [1.54, 1.807) is 16.8 Å². The number of furan rings is 1. The Hall–Kier alpha value is -2.04. The Kier molecular flexibility index (Phi) is 2.77. The lowest BCUT2D eigenvalue weighted by Gasteiger charge is -2.18. The highest BCUT2D eigenvalue weighted by Crippen LogP contribution is 2.26. The standard InChI is InChI=1S/C13H16N2O3/c1-8-5-6-10(18-8)11-9(12(16)17)7-15(14-11)13(2,3)4/h5-7H,1-4H3,(H,16,17). The van der Waals surface area contributed by atoms with Crippen molar-refractivity contribution in [2.45, 2.75) is 33.2 Å². The molecule has 0 aliphatic rings. The van der Waals surface area contributed by atoms with E-state index in [-0.39, 0.29) is 11.1 Å². The van der Waals surface area contributed by atoms with Crippen LogP contribution < -0.4 is 0 Å². The van der Waals surface area contributed by atoms with Crippen molar-refractivity contribution >= 4 is 5.97 Å². The second-order valence-corrected chi connectivity index (χ2v) is 5.22. The molecule has 2 heterocycles. The van der Waals surface area contributed by atoms with Crippen molar-refractivity contribution in [1.82, 2.24) is 9.78 Å². The van der Waals surface area contributed by atoms with Gasteiger partial charge >= 0.3 is 5.97 Å². The summed E-state index contributed by atoms with van der Waals surface area (Å²) in [7, 11) is 0. The quantitative estimate of drug-likeness (QED) is 0.887. The molecule has 2 aromatic rings. The molecular formula is C13H16N2O3. The van der Waals surface area contributed by atoms with Crippen LogP contribution in [0.4, 0.5) is 0 Å². The number of carboxylic acid groups (broad SMARTS) is 1. The first-order valence-electron chi connectivity index (χ1n) is 5.69. The Morgan fingerprint density at radius 3 is 2.50 bits per heavy atom. The third-order valence-corrected chi connectivity index (χ3v) is 2.61. The third kappa shape index (κ3) is 2.16. The molecule has 1 N–H and O–H groups in total. The minimum Gasteiger partial charge on any atom is -0.478 e. The molecule has 0 bridgehead atoms. The predicted molar refractivity (Wildman–Crippen MR) is 66.6 cm³/mol. The van der Waals surface area contributed by atoms with E-state index in [4.69, 9.17) is 4.42 Å². The van der Waals surface area contributed by atoms with Crippen molar-refractivity contribution in [2.24, 2.45) is 0 Å². The minimum atomic E-state index is -1.01. The van der Waals surface area contributed by atoms with Crippen molar-refractivity contribution in [3.05, 3.63) is 29.7 Å². The average molecular weight is 248 g/mol. The summed E-state index contributed by atoms with van der Waals surface area (Å²) in [6, 6.07) is 3.52. The molecule has 0 atom stereocenters. The first-order valence-corrected chi connectivity index (χ1v) is 5.69. The van der Waals surface area contributed by atoms with Crippen LogP contribution in [0, 0.1) is 6.92 Å². The highest BCUT2D eigenvalue weighted by Gasteiger charge is 2.23. The number of aryl methyl sites for hydroxylation is 1. The van der Waals surface area contributed by atoms with Crippen molar-refractivity contribution in [3.8, 4) is 11.5 Å². The summed E-state index contributed by atoms with van der Waals surface area (Å²) in [5.74, 6) is 0.203. The lowest BCUT2D eigenvalue weighted by molar-refractivity contribution is 0.0697. The van der Waals surface area contributed by atoms with Gasteiger partial charge in [0.25, 0.3) is 0 Å².